The van der Waals surface area contributed by atoms with Crippen molar-refractivity contribution in [3.05, 3.63) is 71.8 Å². The molecule has 190 valence electrons. The smallest absolute Gasteiger partial charge is 0.268 e. The molecule has 4 aromatic rings. The predicted octanol–water partition coefficient (Wildman–Crippen LogP) is 3.55. The van der Waals surface area contributed by atoms with E-state index in [4.69, 9.17) is 9.47 Å². The van der Waals surface area contributed by atoms with E-state index in [1.54, 1.807) is 31.5 Å². The van der Waals surface area contributed by atoms with Crippen LogP contribution in [0.4, 0.5) is 10.1 Å². The van der Waals surface area contributed by atoms with E-state index in [1.165, 1.54) is 11.0 Å². The maximum absolute atomic E-state index is 14.5. The topological polar surface area (TPSA) is 102 Å². The number of amides is 1. The third-order valence-corrected chi connectivity index (χ3v) is 7.12. The monoisotopic (exact) mass is 503 g/mol. The zero-order valence-corrected chi connectivity index (χ0v) is 20.5. The molecule has 0 saturated carbocycles. The van der Waals surface area contributed by atoms with Gasteiger partial charge >= 0.3 is 0 Å². The number of aryl methyl sites for hydroxylation is 1. The van der Waals surface area contributed by atoms with Crippen LogP contribution >= 0.6 is 0 Å². The first-order valence-electron chi connectivity index (χ1n) is 12.2. The van der Waals surface area contributed by atoms with E-state index < -0.39 is 17.5 Å². The second-order valence-electron chi connectivity index (χ2n) is 9.49. The van der Waals surface area contributed by atoms with Crippen LogP contribution in [-0.4, -0.2) is 49.7 Å². The molecule has 10 heteroatoms. The van der Waals surface area contributed by atoms with E-state index in [1.807, 2.05) is 29.7 Å². The van der Waals surface area contributed by atoms with Crippen molar-refractivity contribution in [2.24, 2.45) is 0 Å². The molecular formula is C27H26FN5O4. The number of imidazole rings is 1. The largest absolute Gasteiger partial charge is 0.476 e. The number of halogens is 1. The molecule has 2 aliphatic rings. The average molecular weight is 504 g/mol. The summed E-state index contributed by atoms with van der Waals surface area (Å²) in [5.41, 5.74) is 3.60. The number of ether oxygens (including phenoxy) is 2. The van der Waals surface area contributed by atoms with Gasteiger partial charge in [0, 0.05) is 44.0 Å². The van der Waals surface area contributed by atoms with Crippen LogP contribution in [0.25, 0.3) is 16.9 Å². The van der Waals surface area contributed by atoms with Crippen molar-refractivity contribution in [1.29, 1.82) is 0 Å². The molecule has 0 aliphatic carbocycles. The summed E-state index contributed by atoms with van der Waals surface area (Å²) in [5.74, 6) is -0.696. The molecule has 9 nitrogen and oxygen atoms in total. The molecule has 0 unspecified atom stereocenters. The summed E-state index contributed by atoms with van der Waals surface area (Å²) in [4.78, 5) is 28.3. The molecule has 0 radical (unpaired) electrons. The van der Waals surface area contributed by atoms with Gasteiger partial charge in [0.25, 0.3) is 5.91 Å². The first-order chi connectivity index (χ1) is 17.8. The second-order valence-corrected chi connectivity index (χ2v) is 9.49. The Bertz CT molecular complexity index is 1500. The third kappa shape index (κ3) is 4.02. The zero-order chi connectivity index (χ0) is 25.7. The molecule has 1 fully saturated rings. The van der Waals surface area contributed by atoms with Gasteiger partial charge in [-0.1, -0.05) is 6.07 Å². The lowest BCUT2D eigenvalue weighted by Gasteiger charge is -2.33. The van der Waals surface area contributed by atoms with Crippen LogP contribution < -0.4 is 9.64 Å². The molecule has 1 saturated heterocycles. The highest BCUT2D eigenvalue weighted by Crippen LogP contribution is 2.37. The minimum absolute atomic E-state index is 0.0702. The lowest BCUT2D eigenvalue weighted by Crippen LogP contribution is -2.44. The number of fused-ring (bicyclic) bond motifs is 2. The minimum Gasteiger partial charge on any atom is -0.476 e. The molecule has 3 aromatic heterocycles. The minimum atomic E-state index is -0.986. The summed E-state index contributed by atoms with van der Waals surface area (Å²) in [6.07, 6.45) is 5.43. The van der Waals surface area contributed by atoms with Gasteiger partial charge in [0.05, 0.1) is 41.2 Å². The number of aromatic nitrogens is 4. The van der Waals surface area contributed by atoms with E-state index in [0.717, 1.165) is 17.0 Å². The number of pyridine rings is 1. The molecule has 0 bridgehead atoms. The molecule has 2 aliphatic heterocycles. The normalized spacial score (nSPS) is 19.1. The first-order valence-corrected chi connectivity index (χ1v) is 12.2. The van der Waals surface area contributed by atoms with E-state index in [0.29, 0.717) is 48.8 Å². The lowest BCUT2D eigenvalue weighted by molar-refractivity contribution is -0.125. The van der Waals surface area contributed by atoms with Crippen molar-refractivity contribution >= 4 is 17.2 Å². The summed E-state index contributed by atoms with van der Waals surface area (Å²) in [6.45, 7) is 4.67. The van der Waals surface area contributed by atoms with Crippen LogP contribution in [0.1, 0.15) is 36.8 Å². The fourth-order valence-corrected chi connectivity index (χ4v) is 4.95. The number of aliphatic hydroxyl groups is 1. The van der Waals surface area contributed by atoms with Crippen LogP contribution in [0, 0.1) is 12.7 Å². The number of nitrogens with zero attached hydrogens (tertiary/aromatic N) is 5. The number of rotatable bonds is 4. The quantitative estimate of drug-likeness (QED) is 0.454. The fraction of sp³-hybridized carbons (Fsp3) is 0.333. The third-order valence-electron chi connectivity index (χ3n) is 7.12. The fourth-order valence-electron chi connectivity index (χ4n) is 4.95. The Morgan fingerprint density at radius 3 is 2.73 bits per heavy atom. The number of hydrogen-bond acceptors (Lipinski definition) is 7. The SMILES string of the molecule is Cc1nc2cnc(-c3ccc(C4(O)CCOCC4)nc3)cn2c1CN1C(=O)[C@@H](C)Oc2c(F)cccc21. The van der Waals surface area contributed by atoms with Crippen molar-refractivity contribution < 1.29 is 23.8 Å². The van der Waals surface area contributed by atoms with Crippen LogP contribution in [-0.2, 0) is 21.7 Å². The van der Waals surface area contributed by atoms with Gasteiger partial charge in [0.2, 0.25) is 0 Å². The van der Waals surface area contributed by atoms with Gasteiger partial charge in [-0.3, -0.25) is 24.1 Å². The van der Waals surface area contributed by atoms with Crippen molar-refractivity contribution in [1.82, 2.24) is 19.4 Å². The zero-order valence-electron chi connectivity index (χ0n) is 20.5. The summed E-state index contributed by atoms with van der Waals surface area (Å²) in [5, 5.41) is 10.9. The van der Waals surface area contributed by atoms with Crippen LogP contribution in [0.15, 0.2) is 48.9 Å². The average Bonchev–Trinajstić information content (AvgIpc) is 3.22. The summed E-state index contributed by atoms with van der Waals surface area (Å²) < 4.78 is 27.3. The van der Waals surface area contributed by atoms with Crippen LogP contribution in [0.5, 0.6) is 5.75 Å². The van der Waals surface area contributed by atoms with Crippen LogP contribution in [0.2, 0.25) is 0 Å². The summed E-state index contributed by atoms with van der Waals surface area (Å²) in [7, 11) is 0. The van der Waals surface area contributed by atoms with Crippen molar-refractivity contribution in [3.63, 3.8) is 0 Å². The Labute approximate surface area is 212 Å². The first kappa shape index (κ1) is 23.5. The molecule has 0 spiro atoms. The molecule has 6 rings (SSSR count). The van der Waals surface area contributed by atoms with E-state index in [9.17, 15) is 14.3 Å². The number of anilines is 1. The number of para-hydroxylation sites is 1. The van der Waals surface area contributed by atoms with Gasteiger partial charge in [-0.05, 0) is 38.1 Å². The maximum atomic E-state index is 14.5. The highest BCUT2D eigenvalue weighted by molar-refractivity contribution is 5.99. The van der Waals surface area contributed by atoms with Gasteiger partial charge in [0.1, 0.15) is 5.60 Å². The second kappa shape index (κ2) is 8.89. The van der Waals surface area contributed by atoms with E-state index in [-0.39, 0.29) is 18.2 Å². The van der Waals surface area contributed by atoms with Gasteiger partial charge in [0.15, 0.2) is 23.3 Å². The van der Waals surface area contributed by atoms with Crippen LogP contribution in [0.3, 0.4) is 0 Å². The van der Waals surface area contributed by atoms with Gasteiger partial charge in [-0.2, -0.15) is 0 Å². The molecule has 1 amide bonds. The molecule has 1 N–H and O–H groups in total. The highest BCUT2D eigenvalue weighted by atomic mass is 19.1. The number of carbonyl (C=O) groups is 1. The van der Waals surface area contributed by atoms with Gasteiger partial charge < -0.3 is 14.6 Å². The predicted molar refractivity (Wildman–Crippen MR) is 133 cm³/mol. The van der Waals surface area contributed by atoms with Crippen molar-refractivity contribution in [2.45, 2.75) is 44.9 Å². The maximum Gasteiger partial charge on any atom is 0.268 e. The number of benzene rings is 1. The van der Waals surface area contributed by atoms with E-state index >= 15 is 0 Å². The van der Waals surface area contributed by atoms with Crippen molar-refractivity contribution in [2.75, 3.05) is 18.1 Å². The Morgan fingerprint density at radius 1 is 1.16 bits per heavy atom. The van der Waals surface area contributed by atoms with E-state index in [2.05, 4.69) is 15.0 Å². The molecular weight excluding hydrogens is 477 g/mol. The Balaban J connectivity index is 1.35. The highest BCUT2D eigenvalue weighted by Gasteiger charge is 2.35. The molecule has 1 aromatic carbocycles. The molecule has 5 heterocycles. The van der Waals surface area contributed by atoms with Gasteiger partial charge in [-0.25, -0.2) is 9.37 Å². The van der Waals surface area contributed by atoms with Gasteiger partial charge in [-0.15, -0.1) is 0 Å². The molecule has 37 heavy (non-hydrogen) atoms. The number of hydrogen-bond donors (Lipinski definition) is 1. The summed E-state index contributed by atoms with van der Waals surface area (Å²) >= 11 is 0. The Hall–Kier alpha value is -3.89. The molecule has 1 atom stereocenters. The van der Waals surface area contributed by atoms with Crippen molar-refractivity contribution in [3.8, 4) is 17.0 Å². The number of carbonyl (C=O) groups excluding carboxylic acids is 1. The lowest BCUT2D eigenvalue weighted by atomic mass is 9.90. The standard InChI is InChI=1S/C27H26FN5O4/c1-16-22(15-33-21-5-3-4-19(28)25(21)37-17(2)26(33)34)32-14-20(29-13-24(32)31-16)18-6-7-23(30-12-18)27(35)8-10-36-11-9-27/h3-7,12-14,17,35H,8-11,15H2,1-2H3/t17-/m1/s1. The Morgan fingerprint density at radius 2 is 1.97 bits per heavy atom. The summed E-state index contributed by atoms with van der Waals surface area (Å²) in [6, 6.07) is 8.26. The Kier molecular flexibility index (Phi) is 5.65.